The van der Waals surface area contributed by atoms with Crippen LogP contribution in [0.4, 0.5) is 10.6 Å². The van der Waals surface area contributed by atoms with Crippen LogP contribution >= 0.6 is 11.6 Å². The molecule has 0 radical (unpaired) electrons. The van der Waals surface area contributed by atoms with Crippen LogP contribution in [0, 0.1) is 0 Å². The van der Waals surface area contributed by atoms with Gasteiger partial charge in [0.05, 0.1) is 32.6 Å². The number of nitrogens with one attached hydrogen (secondary N) is 1. The second kappa shape index (κ2) is 10.4. The van der Waals surface area contributed by atoms with Crippen LogP contribution in [-0.2, 0) is 4.74 Å². The lowest BCUT2D eigenvalue weighted by Gasteiger charge is -2.21. The monoisotopic (exact) mass is 521 g/mol. The number of carboxylic acid groups (broad SMARTS) is 1. The zero-order valence-corrected chi connectivity index (χ0v) is 20.8. The zero-order chi connectivity index (χ0) is 25.9. The number of aromatic nitrogens is 4. The lowest BCUT2D eigenvalue weighted by Crippen LogP contribution is -2.15. The van der Waals surface area contributed by atoms with Crippen LogP contribution in [0.2, 0.25) is 5.28 Å². The van der Waals surface area contributed by atoms with Gasteiger partial charge in [-0.25, -0.2) is 9.78 Å². The summed E-state index contributed by atoms with van der Waals surface area (Å²) in [5, 5.41) is 12.5. The third-order valence-corrected chi connectivity index (χ3v) is 6.37. The Bertz CT molecular complexity index is 1390. The molecule has 1 aliphatic rings. The van der Waals surface area contributed by atoms with Crippen molar-refractivity contribution in [1.29, 1.82) is 0 Å². The van der Waals surface area contributed by atoms with Gasteiger partial charge in [0.2, 0.25) is 5.28 Å². The van der Waals surface area contributed by atoms with E-state index >= 15 is 0 Å². The van der Waals surface area contributed by atoms with E-state index in [-0.39, 0.29) is 17.4 Å². The maximum atomic E-state index is 10.9. The molecule has 0 amide bonds. The summed E-state index contributed by atoms with van der Waals surface area (Å²) in [6.45, 7) is 0. The Kier molecular flexibility index (Phi) is 6.82. The molecule has 0 aliphatic heterocycles. The van der Waals surface area contributed by atoms with Crippen LogP contribution in [-0.4, -0.2) is 51.1 Å². The number of nitrogens with zero attached hydrogens (tertiary/aromatic N) is 4. The number of carbonyl (C=O) groups is 1. The number of methoxy groups -OCH3 is 2. The van der Waals surface area contributed by atoms with Gasteiger partial charge in [-0.1, -0.05) is 30.3 Å². The second-order valence-corrected chi connectivity index (χ2v) is 8.74. The Balaban J connectivity index is 1.51. The van der Waals surface area contributed by atoms with Gasteiger partial charge >= 0.3 is 6.16 Å². The third kappa shape index (κ3) is 5.14. The van der Waals surface area contributed by atoms with Gasteiger partial charge in [-0.2, -0.15) is 9.97 Å². The van der Waals surface area contributed by atoms with E-state index in [0.717, 1.165) is 22.6 Å². The molecule has 0 saturated heterocycles. The lowest BCUT2D eigenvalue weighted by atomic mass is 9.98. The third-order valence-electron chi connectivity index (χ3n) is 6.20. The lowest BCUT2D eigenvalue weighted by molar-refractivity contribution is 0.0667. The number of anilines is 1. The quantitative estimate of drug-likeness (QED) is 0.181. The summed E-state index contributed by atoms with van der Waals surface area (Å²) in [4.78, 5) is 24.4. The Morgan fingerprint density at radius 3 is 2.22 bits per heavy atom. The number of benzene rings is 2. The minimum Gasteiger partial charge on any atom is -0.497 e. The molecule has 4 aromatic rings. The molecule has 2 aromatic heterocycles. The zero-order valence-electron chi connectivity index (χ0n) is 20.0. The first-order valence-corrected chi connectivity index (χ1v) is 11.9. The Morgan fingerprint density at radius 1 is 1.03 bits per heavy atom. The van der Waals surface area contributed by atoms with Crippen molar-refractivity contribution < 1.29 is 24.1 Å². The van der Waals surface area contributed by atoms with E-state index in [1.807, 2.05) is 59.2 Å². The molecule has 11 heteroatoms. The van der Waals surface area contributed by atoms with Crippen molar-refractivity contribution in [1.82, 2.24) is 19.5 Å². The maximum absolute atomic E-state index is 10.9. The molecule has 190 valence electrons. The van der Waals surface area contributed by atoms with Gasteiger partial charge in [-0.3, -0.25) is 0 Å². The standard InChI is InChI=1S/C26H24ClN5O5/c1-35-18-8-3-15(4-9-18)21(16-5-10-19(36-2)11-6-16)29-23-22-24(31-25(27)30-23)32(14-28-22)17-7-12-20(13-17)37-26(33)34/h3-12,14,17,20-21H,13H2,1-2H3,(H,33,34)(H,29,30,31)/t17-,20+/m0/s1. The predicted octanol–water partition coefficient (Wildman–Crippen LogP) is 5.26. The predicted molar refractivity (Wildman–Crippen MR) is 137 cm³/mol. The van der Waals surface area contributed by atoms with E-state index in [4.69, 9.17) is 30.9 Å². The van der Waals surface area contributed by atoms with Crippen LogP contribution in [0.25, 0.3) is 11.2 Å². The number of hydrogen-bond acceptors (Lipinski definition) is 8. The Morgan fingerprint density at radius 2 is 1.65 bits per heavy atom. The normalized spacial score (nSPS) is 16.8. The highest BCUT2D eigenvalue weighted by Crippen LogP contribution is 2.34. The van der Waals surface area contributed by atoms with Crippen LogP contribution in [0.1, 0.15) is 29.6 Å². The number of rotatable bonds is 8. The number of ether oxygens (including phenoxy) is 3. The fraction of sp³-hybridized carbons (Fsp3) is 0.231. The smallest absolute Gasteiger partial charge is 0.497 e. The SMILES string of the molecule is COc1ccc(C(Nc2nc(Cl)nc3c2ncn3[C@H]2C=C[C@@H](OC(=O)O)C2)c2ccc(OC)cc2)cc1. The van der Waals surface area contributed by atoms with Crippen molar-refractivity contribution in [2.75, 3.05) is 19.5 Å². The number of imidazole rings is 1. The van der Waals surface area contributed by atoms with Gasteiger partial charge < -0.3 is 29.2 Å². The molecule has 1 aliphatic carbocycles. The van der Waals surface area contributed by atoms with Crippen molar-refractivity contribution in [2.24, 2.45) is 0 Å². The van der Waals surface area contributed by atoms with Crippen molar-refractivity contribution >= 4 is 34.7 Å². The highest BCUT2D eigenvalue weighted by atomic mass is 35.5. The molecule has 0 spiro atoms. The first-order valence-electron chi connectivity index (χ1n) is 11.5. The highest BCUT2D eigenvalue weighted by Gasteiger charge is 2.26. The van der Waals surface area contributed by atoms with Crippen LogP contribution in [0.3, 0.4) is 0 Å². The summed E-state index contributed by atoms with van der Waals surface area (Å²) in [5.41, 5.74) is 3.00. The number of hydrogen-bond donors (Lipinski definition) is 2. The Hall–Kier alpha value is -4.31. The summed E-state index contributed by atoms with van der Waals surface area (Å²) < 4.78 is 17.4. The first-order chi connectivity index (χ1) is 17.9. The molecule has 5 rings (SSSR count). The molecule has 10 nitrogen and oxygen atoms in total. The molecular weight excluding hydrogens is 498 g/mol. The average Bonchev–Trinajstić information content (AvgIpc) is 3.54. The van der Waals surface area contributed by atoms with Crippen LogP contribution in [0.5, 0.6) is 11.5 Å². The maximum Gasteiger partial charge on any atom is 0.506 e. The number of allylic oxidation sites excluding steroid dienone is 1. The molecule has 0 saturated carbocycles. The highest BCUT2D eigenvalue weighted by molar-refractivity contribution is 6.28. The summed E-state index contributed by atoms with van der Waals surface area (Å²) >= 11 is 6.35. The van der Waals surface area contributed by atoms with Crippen molar-refractivity contribution in [3.05, 3.63) is 83.4 Å². The fourth-order valence-electron chi connectivity index (χ4n) is 4.39. The van der Waals surface area contributed by atoms with Crippen LogP contribution in [0.15, 0.2) is 67.0 Å². The largest absolute Gasteiger partial charge is 0.506 e. The van der Waals surface area contributed by atoms with Gasteiger partial charge in [0.15, 0.2) is 17.0 Å². The van der Waals surface area contributed by atoms with Gasteiger partial charge in [0.25, 0.3) is 0 Å². The summed E-state index contributed by atoms with van der Waals surface area (Å²) in [5.74, 6) is 1.96. The molecule has 37 heavy (non-hydrogen) atoms. The van der Waals surface area contributed by atoms with Crippen molar-refractivity contribution in [3.63, 3.8) is 0 Å². The molecule has 2 heterocycles. The Labute approximate surface area is 217 Å². The van der Waals surface area contributed by atoms with Crippen molar-refractivity contribution in [3.8, 4) is 11.5 Å². The minimum absolute atomic E-state index is 0.0558. The van der Waals surface area contributed by atoms with Gasteiger partial charge in [0, 0.05) is 6.42 Å². The minimum atomic E-state index is -1.31. The fourth-order valence-corrected chi connectivity index (χ4v) is 4.56. The van der Waals surface area contributed by atoms with E-state index in [0.29, 0.717) is 23.4 Å². The van der Waals surface area contributed by atoms with Crippen LogP contribution < -0.4 is 14.8 Å². The van der Waals surface area contributed by atoms with E-state index in [2.05, 4.69) is 20.3 Å². The molecule has 2 aromatic carbocycles. The summed E-state index contributed by atoms with van der Waals surface area (Å²) in [6.07, 6.45) is 3.82. The first kappa shape index (κ1) is 24.4. The number of fused-ring (bicyclic) bond motifs is 1. The number of halogens is 1. The summed E-state index contributed by atoms with van der Waals surface area (Å²) in [6, 6.07) is 15.0. The molecule has 2 atom stereocenters. The molecule has 0 fully saturated rings. The van der Waals surface area contributed by atoms with E-state index in [9.17, 15) is 4.79 Å². The second-order valence-electron chi connectivity index (χ2n) is 8.40. The summed E-state index contributed by atoms with van der Waals surface area (Å²) in [7, 11) is 3.25. The molecule has 0 bridgehead atoms. The van der Waals surface area contributed by atoms with E-state index in [1.165, 1.54) is 0 Å². The molecule has 0 unspecified atom stereocenters. The van der Waals surface area contributed by atoms with Gasteiger partial charge in [-0.05, 0) is 53.1 Å². The topological polar surface area (TPSA) is 121 Å². The van der Waals surface area contributed by atoms with Gasteiger partial charge in [-0.15, -0.1) is 0 Å². The van der Waals surface area contributed by atoms with Crippen molar-refractivity contribution in [2.45, 2.75) is 24.6 Å². The average molecular weight is 522 g/mol. The van der Waals surface area contributed by atoms with E-state index < -0.39 is 12.3 Å². The molecule has 2 N–H and O–H groups in total. The molecular formula is C26H24ClN5O5. The van der Waals surface area contributed by atoms with Gasteiger partial charge in [0.1, 0.15) is 17.6 Å². The van der Waals surface area contributed by atoms with E-state index in [1.54, 1.807) is 26.6 Å².